The lowest BCUT2D eigenvalue weighted by atomic mass is 10.2. The Hall–Kier alpha value is -1.10. The van der Waals surface area contributed by atoms with E-state index in [9.17, 15) is 4.79 Å². The number of thiophene rings is 1. The molecule has 0 aliphatic carbocycles. The minimum Gasteiger partial charge on any atom is -0.369 e. The quantitative estimate of drug-likeness (QED) is 0.926. The van der Waals surface area contributed by atoms with Gasteiger partial charge in [0.25, 0.3) is 0 Å². The minimum absolute atomic E-state index is 0.241. The smallest absolute Gasteiger partial charge is 0.231 e. The molecule has 1 aromatic heterocycles. The van der Waals surface area contributed by atoms with Crippen molar-refractivity contribution in [1.82, 2.24) is 4.90 Å². The normalized spacial score (nSPS) is 11.2. The molecule has 1 amide bonds. The second-order valence-corrected chi connectivity index (χ2v) is 5.49. The summed E-state index contributed by atoms with van der Waals surface area (Å²) in [5.41, 5.74) is 5.15. The predicted octanol–water partition coefficient (Wildman–Crippen LogP) is 2.47. The van der Waals surface area contributed by atoms with E-state index in [4.69, 9.17) is 17.3 Å². The van der Waals surface area contributed by atoms with Gasteiger partial charge in [0.15, 0.2) is 0 Å². The van der Waals surface area contributed by atoms with Gasteiger partial charge < -0.3 is 5.73 Å². The van der Waals surface area contributed by atoms with Gasteiger partial charge in [-0.05, 0) is 13.1 Å². The molecule has 5 heteroatoms. The van der Waals surface area contributed by atoms with Crippen LogP contribution in [0.3, 0.4) is 0 Å². The van der Waals surface area contributed by atoms with E-state index < -0.39 is 0 Å². The third kappa shape index (κ3) is 2.77. The van der Waals surface area contributed by atoms with E-state index in [0.717, 1.165) is 15.3 Å². The number of halogens is 1. The topological polar surface area (TPSA) is 46.3 Å². The van der Waals surface area contributed by atoms with Gasteiger partial charge in [0.2, 0.25) is 5.91 Å². The number of rotatable bonds is 4. The summed E-state index contributed by atoms with van der Waals surface area (Å²) < 4.78 is 1.17. The number of fused-ring (bicyclic) bond motifs is 1. The first kappa shape index (κ1) is 12.4. The lowest BCUT2D eigenvalue weighted by Gasteiger charge is -2.13. The number of nitrogens with two attached hydrogens (primary N) is 1. The van der Waals surface area contributed by atoms with Crippen molar-refractivity contribution in [2.45, 2.75) is 6.54 Å². The molecule has 0 fully saturated rings. The highest BCUT2D eigenvalue weighted by Crippen LogP contribution is 2.35. The van der Waals surface area contributed by atoms with Crippen molar-refractivity contribution in [3.8, 4) is 0 Å². The summed E-state index contributed by atoms with van der Waals surface area (Å²) in [5.74, 6) is -0.329. The van der Waals surface area contributed by atoms with Crippen LogP contribution in [0.1, 0.15) is 4.88 Å². The highest BCUT2D eigenvalue weighted by molar-refractivity contribution is 7.19. The molecule has 0 aliphatic rings. The molecule has 1 heterocycles. The molecule has 0 unspecified atom stereocenters. The van der Waals surface area contributed by atoms with Crippen LogP contribution in [0.25, 0.3) is 10.1 Å². The average molecular weight is 269 g/mol. The maximum absolute atomic E-state index is 10.8. The molecule has 0 saturated heterocycles. The van der Waals surface area contributed by atoms with Crippen LogP contribution in [-0.4, -0.2) is 24.4 Å². The van der Waals surface area contributed by atoms with Gasteiger partial charge in [0, 0.05) is 21.5 Å². The molecule has 1 aromatic carbocycles. The third-order valence-corrected chi connectivity index (χ3v) is 4.14. The number of carbonyl (C=O) groups excluding carboxylic acids is 1. The highest BCUT2D eigenvalue weighted by atomic mass is 35.5. The van der Waals surface area contributed by atoms with Crippen molar-refractivity contribution in [3.05, 3.63) is 34.2 Å². The summed E-state index contributed by atoms with van der Waals surface area (Å²) in [6.45, 7) is 0.881. The Morgan fingerprint density at radius 3 is 2.82 bits per heavy atom. The Balaban J connectivity index is 2.24. The zero-order chi connectivity index (χ0) is 12.4. The second-order valence-electron chi connectivity index (χ2n) is 3.97. The summed E-state index contributed by atoms with van der Waals surface area (Å²) in [6, 6.07) is 8.01. The number of likely N-dealkylation sites (N-methyl/N-ethyl adjacent to an activating group) is 1. The largest absolute Gasteiger partial charge is 0.369 e. The molecule has 3 nitrogen and oxygen atoms in total. The van der Waals surface area contributed by atoms with Crippen LogP contribution in [0, 0.1) is 0 Å². The molecule has 90 valence electrons. The lowest BCUT2D eigenvalue weighted by Crippen LogP contribution is -2.30. The molecular weight excluding hydrogens is 256 g/mol. The second kappa shape index (κ2) is 5.04. The number of primary amides is 1. The van der Waals surface area contributed by atoms with Crippen LogP contribution >= 0.6 is 22.9 Å². The maximum atomic E-state index is 10.8. The van der Waals surface area contributed by atoms with E-state index in [-0.39, 0.29) is 12.5 Å². The van der Waals surface area contributed by atoms with Crippen LogP contribution in [0.5, 0.6) is 0 Å². The van der Waals surface area contributed by atoms with Crippen molar-refractivity contribution in [1.29, 1.82) is 0 Å². The molecule has 0 aliphatic heterocycles. The molecule has 0 spiro atoms. The first-order valence-corrected chi connectivity index (χ1v) is 6.40. The fourth-order valence-corrected chi connectivity index (χ4v) is 3.31. The van der Waals surface area contributed by atoms with Gasteiger partial charge in [-0.25, -0.2) is 0 Å². The van der Waals surface area contributed by atoms with Crippen molar-refractivity contribution < 1.29 is 4.79 Å². The Kier molecular flexibility index (Phi) is 3.66. The molecule has 0 atom stereocenters. The maximum Gasteiger partial charge on any atom is 0.231 e. The van der Waals surface area contributed by atoms with Gasteiger partial charge in [-0.3, -0.25) is 9.69 Å². The minimum atomic E-state index is -0.329. The average Bonchev–Trinajstić information content (AvgIpc) is 2.55. The monoisotopic (exact) mass is 268 g/mol. The van der Waals surface area contributed by atoms with Gasteiger partial charge in [-0.15, -0.1) is 11.3 Å². The molecule has 2 aromatic rings. The van der Waals surface area contributed by atoms with Crippen LogP contribution in [0.15, 0.2) is 24.3 Å². The molecule has 0 saturated carbocycles. The van der Waals surface area contributed by atoms with Crippen LogP contribution < -0.4 is 5.73 Å². The number of carbonyl (C=O) groups is 1. The van der Waals surface area contributed by atoms with Crippen LogP contribution in [0.2, 0.25) is 5.02 Å². The summed E-state index contributed by atoms with van der Waals surface area (Å²) in [5, 5.41) is 1.85. The Morgan fingerprint density at radius 1 is 1.47 bits per heavy atom. The van der Waals surface area contributed by atoms with Gasteiger partial charge in [-0.2, -0.15) is 0 Å². The molecular formula is C12H13ClN2OS. The van der Waals surface area contributed by atoms with Crippen LogP contribution in [-0.2, 0) is 11.3 Å². The summed E-state index contributed by atoms with van der Waals surface area (Å²) in [7, 11) is 1.85. The first-order valence-electron chi connectivity index (χ1n) is 5.20. The Bertz CT molecular complexity index is 552. The van der Waals surface area contributed by atoms with E-state index in [0.29, 0.717) is 6.54 Å². The number of nitrogens with zero attached hydrogens (tertiary/aromatic N) is 1. The molecule has 2 N–H and O–H groups in total. The Labute approximate surface area is 109 Å². The van der Waals surface area contributed by atoms with E-state index in [1.807, 2.05) is 36.2 Å². The molecule has 2 rings (SSSR count). The van der Waals surface area contributed by atoms with Gasteiger partial charge >= 0.3 is 0 Å². The zero-order valence-electron chi connectivity index (χ0n) is 9.44. The SMILES string of the molecule is CN(CC(N)=O)Cc1sc2ccccc2c1Cl. The van der Waals surface area contributed by atoms with E-state index in [1.165, 1.54) is 4.70 Å². The van der Waals surface area contributed by atoms with Gasteiger partial charge in [-0.1, -0.05) is 29.8 Å². The van der Waals surface area contributed by atoms with Gasteiger partial charge in [0.05, 0.1) is 11.6 Å². The zero-order valence-corrected chi connectivity index (χ0v) is 11.0. The standard InChI is InChI=1S/C12H13ClN2OS/c1-15(7-11(14)16)6-10-12(13)8-4-2-3-5-9(8)17-10/h2-5H,6-7H2,1H3,(H2,14,16). The van der Waals surface area contributed by atoms with E-state index >= 15 is 0 Å². The van der Waals surface area contributed by atoms with Crippen molar-refractivity contribution in [2.24, 2.45) is 5.73 Å². The number of hydrogen-bond acceptors (Lipinski definition) is 3. The van der Waals surface area contributed by atoms with E-state index in [2.05, 4.69) is 0 Å². The predicted molar refractivity (Wildman–Crippen MR) is 72.4 cm³/mol. The summed E-state index contributed by atoms with van der Waals surface area (Å²) in [6.07, 6.45) is 0. The van der Waals surface area contributed by atoms with Crippen molar-refractivity contribution >= 4 is 38.9 Å². The van der Waals surface area contributed by atoms with Gasteiger partial charge in [0.1, 0.15) is 0 Å². The summed E-state index contributed by atoms with van der Waals surface area (Å²) in [4.78, 5) is 13.7. The molecule has 0 bridgehead atoms. The first-order chi connectivity index (χ1) is 8.08. The lowest BCUT2D eigenvalue weighted by molar-refractivity contribution is -0.118. The molecule has 17 heavy (non-hydrogen) atoms. The third-order valence-electron chi connectivity index (χ3n) is 2.44. The Morgan fingerprint density at radius 2 is 2.18 bits per heavy atom. The van der Waals surface area contributed by atoms with Crippen LogP contribution in [0.4, 0.5) is 0 Å². The van der Waals surface area contributed by atoms with Crippen molar-refractivity contribution in [3.63, 3.8) is 0 Å². The summed E-state index contributed by atoms with van der Waals surface area (Å²) >= 11 is 7.96. The number of amides is 1. The number of hydrogen-bond donors (Lipinski definition) is 1. The number of benzene rings is 1. The fourth-order valence-electron chi connectivity index (χ4n) is 1.73. The van der Waals surface area contributed by atoms with E-state index in [1.54, 1.807) is 11.3 Å². The van der Waals surface area contributed by atoms with Crippen molar-refractivity contribution in [2.75, 3.05) is 13.6 Å². The fraction of sp³-hybridized carbons (Fsp3) is 0.250. The molecule has 0 radical (unpaired) electrons. The highest BCUT2D eigenvalue weighted by Gasteiger charge is 2.12.